The summed E-state index contributed by atoms with van der Waals surface area (Å²) in [5.41, 5.74) is 2.97. The Morgan fingerprint density at radius 1 is 1.14 bits per heavy atom. The number of benzene rings is 1. The third-order valence-corrected chi connectivity index (χ3v) is 5.07. The van der Waals surface area contributed by atoms with Crippen LogP contribution in [0.1, 0.15) is 57.9 Å². The SMILES string of the molecule is CC(C)CC1CN(C2CCCCC2)c2ccccc2CN1. The average Bonchev–Trinajstić information content (AvgIpc) is 2.68. The Kier molecular flexibility index (Phi) is 4.84. The minimum absolute atomic E-state index is 0.624. The van der Waals surface area contributed by atoms with Crippen LogP contribution in [-0.4, -0.2) is 18.6 Å². The van der Waals surface area contributed by atoms with E-state index in [0.717, 1.165) is 18.5 Å². The van der Waals surface area contributed by atoms with Crippen molar-refractivity contribution in [2.24, 2.45) is 5.92 Å². The number of hydrogen-bond donors (Lipinski definition) is 1. The molecule has 1 saturated carbocycles. The van der Waals surface area contributed by atoms with Gasteiger partial charge in [0.2, 0.25) is 0 Å². The van der Waals surface area contributed by atoms with Crippen molar-refractivity contribution in [2.75, 3.05) is 11.4 Å². The molecule has 21 heavy (non-hydrogen) atoms. The lowest BCUT2D eigenvalue weighted by Crippen LogP contribution is -2.44. The van der Waals surface area contributed by atoms with Crippen molar-refractivity contribution in [1.82, 2.24) is 5.32 Å². The van der Waals surface area contributed by atoms with Crippen molar-refractivity contribution in [2.45, 2.75) is 71.0 Å². The first-order valence-corrected chi connectivity index (χ1v) is 8.82. The van der Waals surface area contributed by atoms with Crippen LogP contribution in [0.15, 0.2) is 24.3 Å². The Labute approximate surface area is 129 Å². The summed E-state index contributed by atoms with van der Waals surface area (Å²) in [6.07, 6.45) is 8.28. The van der Waals surface area contributed by atoms with Crippen LogP contribution in [0.5, 0.6) is 0 Å². The van der Waals surface area contributed by atoms with Crippen molar-refractivity contribution in [3.63, 3.8) is 0 Å². The van der Waals surface area contributed by atoms with E-state index in [1.807, 2.05) is 0 Å². The Hall–Kier alpha value is -1.02. The summed E-state index contributed by atoms with van der Waals surface area (Å²) in [5, 5.41) is 3.80. The van der Waals surface area contributed by atoms with Gasteiger partial charge in [0.05, 0.1) is 0 Å². The zero-order valence-corrected chi connectivity index (χ0v) is 13.6. The first-order valence-electron chi connectivity index (χ1n) is 8.82. The minimum atomic E-state index is 0.624. The van der Waals surface area contributed by atoms with Crippen LogP contribution in [0.25, 0.3) is 0 Å². The van der Waals surface area contributed by atoms with Gasteiger partial charge in [-0.2, -0.15) is 0 Å². The smallest absolute Gasteiger partial charge is 0.0414 e. The van der Waals surface area contributed by atoms with Crippen LogP contribution in [0.2, 0.25) is 0 Å². The highest BCUT2D eigenvalue weighted by Crippen LogP contribution is 2.32. The lowest BCUT2D eigenvalue weighted by Gasteiger charge is -2.38. The van der Waals surface area contributed by atoms with Crippen LogP contribution in [0, 0.1) is 5.92 Å². The van der Waals surface area contributed by atoms with Gasteiger partial charge in [0.25, 0.3) is 0 Å². The Bertz CT molecular complexity index is 449. The van der Waals surface area contributed by atoms with Gasteiger partial charge in [0.1, 0.15) is 0 Å². The summed E-state index contributed by atoms with van der Waals surface area (Å²) in [6.45, 7) is 6.88. The van der Waals surface area contributed by atoms with Crippen molar-refractivity contribution in [1.29, 1.82) is 0 Å². The summed E-state index contributed by atoms with van der Waals surface area (Å²) < 4.78 is 0. The molecular weight excluding hydrogens is 256 g/mol. The third-order valence-electron chi connectivity index (χ3n) is 5.07. The van der Waals surface area contributed by atoms with Crippen molar-refractivity contribution < 1.29 is 0 Å². The molecule has 1 aromatic rings. The zero-order valence-electron chi connectivity index (χ0n) is 13.6. The number of rotatable bonds is 3. The molecule has 1 N–H and O–H groups in total. The largest absolute Gasteiger partial charge is 0.367 e. The summed E-state index contributed by atoms with van der Waals surface area (Å²) in [7, 11) is 0. The maximum absolute atomic E-state index is 3.80. The molecule has 1 fully saturated rings. The number of nitrogens with one attached hydrogen (secondary N) is 1. The van der Waals surface area contributed by atoms with Crippen LogP contribution in [0.4, 0.5) is 5.69 Å². The highest BCUT2D eigenvalue weighted by atomic mass is 15.2. The molecule has 1 aliphatic carbocycles. The predicted octanol–water partition coefficient (Wildman–Crippen LogP) is 4.34. The molecule has 116 valence electrons. The molecule has 1 aromatic carbocycles. The van der Waals surface area contributed by atoms with Crippen LogP contribution < -0.4 is 10.2 Å². The number of nitrogens with zero attached hydrogens (tertiary/aromatic N) is 1. The molecule has 0 amide bonds. The van der Waals surface area contributed by atoms with Crippen LogP contribution >= 0.6 is 0 Å². The van der Waals surface area contributed by atoms with Gasteiger partial charge < -0.3 is 10.2 Å². The number of para-hydroxylation sites is 1. The van der Waals surface area contributed by atoms with Gasteiger partial charge in [-0.1, -0.05) is 51.3 Å². The quantitative estimate of drug-likeness (QED) is 0.889. The summed E-state index contributed by atoms with van der Waals surface area (Å²) in [5.74, 6) is 0.761. The number of anilines is 1. The lowest BCUT2D eigenvalue weighted by atomic mass is 9.92. The molecule has 2 aliphatic rings. The topological polar surface area (TPSA) is 15.3 Å². The molecule has 3 rings (SSSR count). The standard InChI is InChI=1S/C19H30N2/c1-15(2)12-17-14-21(18-9-4-3-5-10-18)19-11-7-6-8-16(19)13-20-17/h6-8,11,15,17-18,20H,3-5,9-10,12-14H2,1-2H3. The second-order valence-electron chi connectivity index (χ2n) is 7.28. The van der Waals surface area contributed by atoms with Gasteiger partial charge in [-0.3, -0.25) is 0 Å². The Balaban J connectivity index is 1.84. The zero-order chi connectivity index (χ0) is 14.7. The Morgan fingerprint density at radius 3 is 2.67 bits per heavy atom. The number of hydrogen-bond acceptors (Lipinski definition) is 2. The average molecular weight is 286 g/mol. The first-order chi connectivity index (χ1) is 10.2. The van der Waals surface area contributed by atoms with Gasteiger partial charge in [-0.05, 0) is 36.8 Å². The minimum Gasteiger partial charge on any atom is -0.367 e. The molecule has 0 bridgehead atoms. The normalized spacial score (nSPS) is 24.0. The molecule has 0 radical (unpaired) electrons. The molecule has 1 aliphatic heterocycles. The fourth-order valence-electron chi connectivity index (χ4n) is 4.06. The van der Waals surface area contributed by atoms with Gasteiger partial charge in [-0.25, -0.2) is 0 Å². The summed E-state index contributed by atoms with van der Waals surface area (Å²) in [4.78, 5) is 2.74. The summed E-state index contributed by atoms with van der Waals surface area (Å²) in [6, 6.07) is 10.4. The van der Waals surface area contributed by atoms with E-state index >= 15 is 0 Å². The molecule has 1 heterocycles. The molecule has 0 saturated heterocycles. The second kappa shape index (κ2) is 6.83. The monoisotopic (exact) mass is 286 g/mol. The van der Waals surface area contributed by atoms with E-state index < -0.39 is 0 Å². The van der Waals surface area contributed by atoms with E-state index in [9.17, 15) is 0 Å². The lowest BCUT2D eigenvalue weighted by molar-refractivity contribution is 0.375. The van der Waals surface area contributed by atoms with E-state index in [-0.39, 0.29) is 0 Å². The van der Waals surface area contributed by atoms with E-state index in [0.29, 0.717) is 6.04 Å². The van der Waals surface area contributed by atoms with Gasteiger partial charge in [0.15, 0.2) is 0 Å². The second-order valence-corrected chi connectivity index (χ2v) is 7.28. The van der Waals surface area contributed by atoms with Gasteiger partial charge >= 0.3 is 0 Å². The van der Waals surface area contributed by atoms with E-state index in [1.165, 1.54) is 56.3 Å². The number of fused-ring (bicyclic) bond motifs is 1. The maximum atomic E-state index is 3.80. The van der Waals surface area contributed by atoms with Crippen molar-refractivity contribution in [3.05, 3.63) is 29.8 Å². The molecule has 2 nitrogen and oxygen atoms in total. The summed E-state index contributed by atoms with van der Waals surface area (Å²) >= 11 is 0. The predicted molar refractivity (Wildman–Crippen MR) is 90.7 cm³/mol. The first kappa shape index (κ1) is 14.9. The molecule has 0 aromatic heterocycles. The molecular formula is C19H30N2. The van der Waals surface area contributed by atoms with E-state index in [4.69, 9.17) is 0 Å². The maximum Gasteiger partial charge on any atom is 0.0414 e. The molecule has 0 spiro atoms. The van der Waals surface area contributed by atoms with Gasteiger partial charge in [-0.15, -0.1) is 0 Å². The van der Waals surface area contributed by atoms with Crippen molar-refractivity contribution >= 4 is 5.69 Å². The molecule has 1 atom stereocenters. The molecule has 1 unspecified atom stereocenters. The van der Waals surface area contributed by atoms with Crippen molar-refractivity contribution in [3.8, 4) is 0 Å². The highest BCUT2D eigenvalue weighted by molar-refractivity contribution is 5.55. The third kappa shape index (κ3) is 3.60. The van der Waals surface area contributed by atoms with Crippen LogP contribution in [-0.2, 0) is 6.54 Å². The van der Waals surface area contributed by atoms with E-state index in [1.54, 1.807) is 0 Å². The highest BCUT2D eigenvalue weighted by Gasteiger charge is 2.28. The van der Waals surface area contributed by atoms with Gasteiger partial charge in [0, 0.05) is 30.9 Å². The van der Waals surface area contributed by atoms with E-state index in [2.05, 4.69) is 48.3 Å². The molecule has 2 heteroatoms. The van der Waals surface area contributed by atoms with Crippen LogP contribution in [0.3, 0.4) is 0 Å². The Morgan fingerprint density at radius 2 is 1.90 bits per heavy atom. The fourth-order valence-corrected chi connectivity index (χ4v) is 4.06. The fraction of sp³-hybridized carbons (Fsp3) is 0.684.